The first-order chi connectivity index (χ1) is 7.42. The average molecular weight is 208 g/mol. The molecule has 0 amide bonds. The van der Waals surface area contributed by atoms with Crippen molar-refractivity contribution in [1.82, 2.24) is 5.32 Å². The van der Waals surface area contributed by atoms with Crippen LogP contribution in [0.2, 0.25) is 0 Å². The van der Waals surface area contributed by atoms with Crippen LogP contribution < -0.4 is 5.32 Å². The summed E-state index contributed by atoms with van der Waals surface area (Å²) >= 11 is 0. The molecule has 2 heterocycles. The van der Waals surface area contributed by atoms with E-state index in [0.29, 0.717) is 6.10 Å². The normalized spacial score (nSPS) is 32.5. The van der Waals surface area contributed by atoms with E-state index in [0.717, 1.165) is 30.7 Å². The zero-order chi connectivity index (χ0) is 10.1. The fourth-order valence-corrected chi connectivity index (χ4v) is 2.60. The van der Waals surface area contributed by atoms with Gasteiger partial charge in [-0.25, -0.2) is 0 Å². The summed E-state index contributed by atoms with van der Waals surface area (Å²) in [5, 5.41) is 3.40. The Hall–Kier alpha value is -0.570. The van der Waals surface area contributed by atoms with Gasteiger partial charge in [0.2, 0.25) is 0 Å². The van der Waals surface area contributed by atoms with E-state index in [1.165, 1.54) is 38.8 Å². The van der Waals surface area contributed by atoms with Crippen LogP contribution in [0.3, 0.4) is 0 Å². The lowest BCUT2D eigenvalue weighted by Gasteiger charge is -2.22. The number of ether oxygens (including phenoxy) is 1. The van der Waals surface area contributed by atoms with Gasteiger partial charge in [0.25, 0.3) is 0 Å². The SMILES string of the molecule is C1CC(CC2=NCC(C3CC3)O2)CCN1. The minimum atomic E-state index is 0.446. The molecule has 0 aromatic heterocycles. The average Bonchev–Trinajstić information content (AvgIpc) is 3.02. The minimum absolute atomic E-state index is 0.446. The Labute approximate surface area is 91.3 Å². The van der Waals surface area contributed by atoms with E-state index in [-0.39, 0.29) is 0 Å². The van der Waals surface area contributed by atoms with Gasteiger partial charge in [-0.05, 0) is 50.6 Å². The smallest absolute Gasteiger partial charge is 0.184 e. The highest BCUT2D eigenvalue weighted by molar-refractivity contribution is 5.78. The summed E-state index contributed by atoms with van der Waals surface area (Å²) in [5.41, 5.74) is 0. The van der Waals surface area contributed by atoms with Crippen LogP contribution in [0.25, 0.3) is 0 Å². The van der Waals surface area contributed by atoms with Crippen LogP contribution in [-0.4, -0.2) is 31.6 Å². The van der Waals surface area contributed by atoms with E-state index in [4.69, 9.17) is 4.74 Å². The van der Waals surface area contributed by atoms with Crippen LogP contribution in [0, 0.1) is 11.8 Å². The molecule has 0 radical (unpaired) electrons. The fraction of sp³-hybridized carbons (Fsp3) is 0.917. The molecule has 1 unspecified atom stereocenters. The van der Waals surface area contributed by atoms with Crippen LogP contribution in [0.4, 0.5) is 0 Å². The van der Waals surface area contributed by atoms with E-state index in [2.05, 4.69) is 10.3 Å². The molecule has 3 rings (SSSR count). The van der Waals surface area contributed by atoms with Gasteiger partial charge in [-0.3, -0.25) is 4.99 Å². The van der Waals surface area contributed by atoms with Gasteiger partial charge in [0.15, 0.2) is 5.90 Å². The summed E-state index contributed by atoms with van der Waals surface area (Å²) in [6.45, 7) is 3.28. The summed E-state index contributed by atoms with van der Waals surface area (Å²) < 4.78 is 5.92. The van der Waals surface area contributed by atoms with E-state index in [1.54, 1.807) is 0 Å². The minimum Gasteiger partial charge on any atom is -0.475 e. The van der Waals surface area contributed by atoms with Gasteiger partial charge < -0.3 is 10.1 Å². The second-order valence-corrected chi connectivity index (χ2v) is 5.13. The number of nitrogens with zero attached hydrogens (tertiary/aromatic N) is 1. The Kier molecular flexibility index (Phi) is 2.65. The van der Waals surface area contributed by atoms with Crippen molar-refractivity contribution in [3.05, 3.63) is 0 Å². The second-order valence-electron chi connectivity index (χ2n) is 5.13. The topological polar surface area (TPSA) is 33.6 Å². The van der Waals surface area contributed by atoms with Gasteiger partial charge in [0, 0.05) is 6.42 Å². The lowest BCUT2D eigenvalue weighted by molar-refractivity contribution is 0.189. The highest BCUT2D eigenvalue weighted by atomic mass is 16.5. The fourth-order valence-electron chi connectivity index (χ4n) is 2.60. The number of hydrogen-bond acceptors (Lipinski definition) is 3. The Morgan fingerprint density at radius 1 is 1.20 bits per heavy atom. The molecule has 15 heavy (non-hydrogen) atoms. The largest absolute Gasteiger partial charge is 0.475 e. The molecule has 1 saturated carbocycles. The molecular formula is C12H20N2O. The van der Waals surface area contributed by atoms with Crippen LogP contribution in [0.15, 0.2) is 4.99 Å². The first-order valence-electron chi connectivity index (χ1n) is 6.32. The van der Waals surface area contributed by atoms with Crippen LogP contribution in [0.5, 0.6) is 0 Å². The monoisotopic (exact) mass is 208 g/mol. The van der Waals surface area contributed by atoms with Gasteiger partial charge in [0.1, 0.15) is 6.10 Å². The van der Waals surface area contributed by atoms with E-state index in [9.17, 15) is 0 Å². The second kappa shape index (κ2) is 4.12. The predicted octanol–water partition coefficient (Wildman–Crippen LogP) is 1.58. The molecule has 1 aliphatic carbocycles. The first kappa shape index (κ1) is 9.64. The van der Waals surface area contributed by atoms with E-state index >= 15 is 0 Å². The van der Waals surface area contributed by atoms with Gasteiger partial charge >= 0.3 is 0 Å². The van der Waals surface area contributed by atoms with Crippen molar-refractivity contribution in [3.63, 3.8) is 0 Å². The Morgan fingerprint density at radius 3 is 2.73 bits per heavy atom. The Balaban J connectivity index is 1.46. The Bertz CT molecular complexity index is 254. The molecule has 2 fully saturated rings. The third-order valence-electron chi connectivity index (χ3n) is 3.80. The van der Waals surface area contributed by atoms with E-state index < -0.39 is 0 Å². The van der Waals surface area contributed by atoms with Gasteiger partial charge in [0.05, 0.1) is 6.54 Å². The van der Waals surface area contributed by atoms with Crippen molar-refractivity contribution in [1.29, 1.82) is 0 Å². The van der Waals surface area contributed by atoms with E-state index in [1.807, 2.05) is 0 Å². The molecule has 3 nitrogen and oxygen atoms in total. The Morgan fingerprint density at radius 2 is 2.00 bits per heavy atom. The molecule has 0 aromatic rings. The van der Waals surface area contributed by atoms with Crippen LogP contribution in [-0.2, 0) is 4.74 Å². The number of piperidine rings is 1. The zero-order valence-corrected chi connectivity index (χ0v) is 9.24. The number of rotatable bonds is 3. The number of nitrogens with one attached hydrogen (secondary N) is 1. The summed E-state index contributed by atoms with van der Waals surface area (Å²) in [6, 6.07) is 0. The molecule has 3 aliphatic rings. The zero-order valence-electron chi connectivity index (χ0n) is 9.24. The summed E-state index contributed by atoms with van der Waals surface area (Å²) in [5.74, 6) is 2.70. The summed E-state index contributed by atoms with van der Waals surface area (Å²) in [7, 11) is 0. The van der Waals surface area contributed by atoms with Crippen LogP contribution in [0.1, 0.15) is 32.1 Å². The first-order valence-corrected chi connectivity index (χ1v) is 6.32. The maximum atomic E-state index is 5.92. The van der Waals surface area contributed by atoms with Crippen LogP contribution >= 0.6 is 0 Å². The maximum Gasteiger partial charge on any atom is 0.184 e. The predicted molar refractivity (Wildman–Crippen MR) is 60.1 cm³/mol. The van der Waals surface area contributed by atoms with Crippen molar-refractivity contribution < 1.29 is 4.74 Å². The molecule has 84 valence electrons. The van der Waals surface area contributed by atoms with Gasteiger partial charge in [-0.2, -0.15) is 0 Å². The van der Waals surface area contributed by atoms with Crippen molar-refractivity contribution in [2.45, 2.75) is 38.2 Å². The van der Waals surface area contributed by atoms with Crippen molar-refractivity contribution >= 4 is 5.90 Å². The molecule has 1 N–H and O–H groups in total. The lowest BCUT2D eigenvalue weighted by Crippen LogP contribution is -2.29. The molecule has 3 heteroatoms. The molecular weight excluding hydrogens is 188 g/mol. The van der Waals surface area contributed by atoms with Crippen molar-refractivity contribution in [2.75, 3.05) is 19.6 Å². The number of aliphatic imine (C=N–C) groups is 1. The van der Waals surface area contributed by atoms with Gasteiger partial charge in [-0.15, -0.1) is 0 Å². The molecule has 0 bridgehead atoms. The highest BCUT2D eigenvalue weighted by Gasteiger charge is 2.36. The standard InChI is InChI=1S/C12H20N2O/c1-2-10(1)11-8-14-12(15-11)7-9-3-5-13-6-4-9/h9-11,13H,1-8H2. The highest BCUT2D eigenvalue weighted by Crippen LogP contribution is 2.36. The molecule has 0 aromatic carbocycles. The van der Waals surface area contributed by atoms with Crippen molar-refractivity contribution in [2.24, 2.45) is 16.8 Å². The number of hydrogen-bond donors (Lipinski definition) is 1. The third kappa shape index (κ3) is 2.33. The quantitative estimate of drug-likeness (QED) is 0.764. The summed E-state index contributed by atoms with van der Waals surface area (Å²) in [6.07, 6.45) is 6.83. The summed E-state index contributed by atoms with van der Waals surface area (Å²) in [4.78, 5) is 4.55. The lowest BCUT2D eigenvalue weighted by atomic mass is 9.95. The molecule has 2 aliphatic heterocycles. The molecule has 1 saturated heterocycles. The third-order valence-corrected chi connectivity index (χ3v) is 3.80. The van der Waals surface area contributed by atoms with Gasteiger partial charge in [-0.1, -0.05) is 0 Å². The molecule has 0 spiro atoms. The maximum absolute atomic E-state index is 5.92. The van der Waals surface area contributed by atoms with Crippen molar-refractivity contribution in [3.8, 4) is 0 Å². The molecule has 1 atom stereocenters.